The second kappa shape index (κ2) is 13.3. The standard InChI is InChI=1S/C34H41ClN2O2/c1-34(2,3)28-18-13-25(14-19-28)17-22-32(38)37(24-27-15-20-29(35)21-16-27)31(23-26-9-5-4-6-10-26)33(39)36-30-11-7-8-12-30/h4-6,9-10,13-16,18-21,30-31H,7-8,11-12,17,22-24H2,1-3H3,(H,36,39)/t31-/m1/s1. The molecule has 0 aliphatic heterocycles. The molecule has 206 valence electrons. The van der Waals surface area contributed by atoms with Crippen LogP contribution in [-0.2, 0) is 34.4 Å². The minimum Gasteiger partial charge on any atom is -0.352 e. The predicted molar refractivity (Wildman–Crippen MR) is 160 cm³/mol. The SMILES string of the molecule is CC(C)(C)c1ccc(CCC(=O)N(Cc2ccc(Cl)cc2)[C@H](Cc2ccccc2)C(=O)NC2CCCC2)cc1. The summed E-state index contributed by atoms with van der Waals surface area (Å²) < 4.78 is 0. The van der Waals surface area contributed by atoms with Crippen LogP contribution < -0.4 is 5.32 Å². The molecule has 0 radical (unpaired) electrons. The molecule has 4 nitrogen and oxygen atoms in total. The van der Waals surface area contributed by atoms with Crippen LogP contribution in [0.1, 0.15) is 75.1 Å². The lowest BCUT2D eigenvalue weighted by molar-refractivity contribution is -0.141. The highest BCUT2D eigenvalue weighted by Crippen LogP contribution is 2.24. The molecule has 1 fully saturated rings. The molecule has 0 saturated heterocycles. The van der Waals surface area contributed by atoms with Gasteiger partial charge in [0.2, 0.25) is 11.8 Å². The Morgan fingerprint density at radius 3 is 2.10 bits per heavy atom. The number of nitrogens with one attached hydrogen (secondary N) is 1. The first-order chi connectivity index (χ1) is 18.7. The average Bonchev–Trinajstić information content (AvgIpc) is 3.43. The van der Waals surface area contributed by atoms with Gasteiger partial charge in [0.25, 0.3) is 0 Å². The Balaban J connectivity index is 1.58. The Morgan fingerprint density at radius 2 is 1.49 bits per heavy atom. The first kappa shape index (κ1) is 28.9. The number of aryl methyl sites for hydroxylation is 1. The Kier molecular flexibility index (Phi) is 9.85. The van der Waals surface area contributed by atoms with Crippen molar-refractivity contribution in [1.29, 1.82) is 0 Å². The van der Waals surface area contributed by atoms with Crippen molar-refractivity contribution in [3.8, 4) is 0 Å². The quantitative estimate of drug-likeness (QED) is 0.292. The largest absolute Gasteiger partial charge is 0.352 e. The summed E-state index contributed by atoms with van der Waals surface area (Å²) in [5.74, 6) is -0.0880. The van der Waals surface area contributed by atoms with Crippen molar-refractivity contribution in [2.45, 2.75) is 89.8 Å². The van der Waals surface area contributed by atoms with Crippen LogP contribution in [0.25, 0.3) is 0 Å². The third-order valence-electron chi connectivity index (χ3n) is 7.69. The number of carbonyl (C=O) groups is 2. The Hall–Kier alpha value is -3.11. The van der Waals surface area contributed by atoms with Crippen LogP contribution in [-0.4, -0.2) is 28.8 Å². The molecule has 1 saturated carbocycles. The lowest BCUT2D eigenvalue weighted by Crippen LogP contribution is -2.52. The highest BCUT2D eigenvalue weighted by Gasteiger charge is 2.32. The molecule has 1 aliphatic carbocycles. The van der Waals surface area contributed by atoms with Gasteiger partial charge in [-0.2, -0.15) is 0 Å². The summed E-state index contributed by atoms with van der Waals surface area (Å²) in [5.41, 5.74) is 4.47. The van der Waals surface area contributed by atoms with Crippen LogP contribution in [0.2, 0.25) is 5.02 Å². The lowest BCUT2D eigenvalue weighted by Gasteiger charge is -2.32. The zero-order valence-corrected chi connectivity index (χ0v) is 24.2. The molecule has 3 aromatic rings. The Bertz CT molecular complexity index is 1210. The van der Waals surface area contributed by atoms with E-state index in [9.17, 15) is 9.59 Å². The number of benzene rings is 3. The van der Waals surface area contributed by atoms with Crippen molar-refractivity contribution in [3.63, 3.8) is 0 Å². The van der Waals surface area contributed by atoms with Crippen molar-refractivity contribution in [1.82, 2.24) is 10.2 Å². The zero-order chi connectivity index (χ0) is 27.8. The number of nitrogens with zero attached hydrogens (tertiary/aromatic N) is 1. The predicted octanol–water partition coefficient (Wildman–Crippen LogP) is 7.27. The number of carbonyl (C=O) groups excluding carboxylic acids is 2. The number of halogens is 1. The van der Waals surface area contributed by atoms with E-state index in [1.165, 1.54) is 5.56 Å². The van der Waals surface area contributed by atoms with Crippen LogP contribution in [0.3, 0.4) is 0 Å². The van der Waals surface area contributed by atoms with Crippen molar-refractivity contribution < 1.29 is 9.59 Å². The van der Waals surface area contributed by atoms with Crippen LogP contribution >= 0.6 is 11.6 Å². The minimum absolute atomic E-state index is 0.0210. The van der Waals surface area contributed by atoms with Crippen LogP contribution in [0.5, 0.6) is 0 Å². The molecule has 1 atom stereocenters. The van der Waals surface area contributed by atoms with E-state index in [2.05, 4.69) is 50.4 Å². The molecule has 0 aromatic heterocycles. The molecule has 1 aliphatic rings. The topological polar surface area (TPSA) is 49.4 Å². The van der Waals surface area contributed by atoms with Gasteiger partial charge in [-0.1, -0.05) is 112 Å². The van der Waals surface area contributed by atoms with Crippen LogP contribution in [0.15, 0.2) is 78.9 Å². The van der Waals surface area contributed by atoms with Crippen molar-refractivity contribution >= 4 is 23.4 Å². The normalized spacial score (nSPS) is 14.7. The maximum Gasteiger partial charge on any atom is 0.243 e. The fraction of sp³-hybridized carbons (Fsp3) is 0.412. The van der Waals surface area contributed by atoms with Crippen molar-refractivity contribution in [2.75, 3.05) is 0 Å². The van der Waals surface area contributed by atoms with Crippen molar-refractivity contribution in [2.24, 2.45) is 0 Å². The molecule has 0 spiro atoms. The molecular formula is C34H41ClN2O2. The zero-order valence-electron chi connectivity index (χ0n) is 23.5. The second-order valence-corrected chi connectivity index (χ2v) is 12.2. The van der Waals surface area contributed by atoms with Gasteiger partial charge in [0.15, 0.2) is 0 Å². The third-order valence-corrected chi connectivity index (χ3v) is 7.94. The summed E-state index contributed by atoms with van der Waals surface area (Å²) in [6.45, 7) is 6.95. The molecule has 4 rings (SSSR count). The molecule has 39 heavy (non-hydrogen) atoms. The molecule has 3 aromatic carbocycles. The fourth-order valence-electron chi connectivity index (χ4n) is 5.27. The minimum atomic E-state index is -0.598. The van der Waals surface area contributed by atoms with E-state index in [1.54, 1.807) is 4.90 Å². The summed E-state index contributed by atoms with van der Waals surface area (Å²) in [5, 5.41) is 3.92. The smallest absolute Gasteiger partial charge is 0.243 e. The van der Waals surface area contributed by atoms with E-state index < -0.39 is 6.04 Å². The van der Waals surface area contributed by atoms with Crippen LogP contribution in [0, 0.1) is 0 Å². The van der Waals surface area contributed by atoms with Gasteiger partial charge in [0, 0.05) is 30.5 Å². The van der Waals surface area contributed by atoms with E-state index in [1.807, 2.05) is 54.6 Å². The molecule has 0 bridgehead atoms. The summed E-state index contributed by atoms with van der Waals surface area (Å²) in [6, 6.07) is 25.6. The van der Waals surface area contributed by atoms with E-state index in [4.69, 9.17) is 11.6 Å². The highest BCUT2D eigenvalue weighted by molar-refractivity contribution is 6.30. The van der Waals surface area contributed by atoms with Crippen molar-refractivity contribution in [3.05, 3.63) is 106 Å². The maximum atomic E-state index is 13.9. The van der Waals surface area contributed by atoms with Crippen LogP contribution in [0.4, 0.5) is 0 Å². The first-order valence-corrected chi connectivity index (χ1v) is 14.5. The van der Waals surface area contributed by atoms with Gasteiger partial charge in [-0.3, -0.25) is 9.59 Å². The number of hydrogen-bond donors (Lipinski definition) is 1. The summed E-state index contributed by atoms with van der Waals surface area (Å²) in [6.07, 6.45) is 5.70. The van der Waals surface area contributed by atoms with E-state index in [-0.39, 0.29) is 23.3 Å². The molecule has 0 unspecified atom stereocenters. The lowest BCUT2D eigenvalue weighted by atomic mass is 9.86. The van der Waals surface area contributed by atoms with Gasteiger partial charge >= 0.3 is 0 Å². The first-order valence-electron chi connectivity index (χ1n) is 14.2. The second-order valence-electron chi connectivity index (χ2n) is 11.8. The number of rotatable bonds is 10. The van der Waals surface area contributed by atoms with Gasteiger partial charge in [-0.25, -0.2) is 0 Å². The number of hydrogen-bond acceptors (Lipinski definition) is 2. The van der Waals surface area contributed by atoms with Gasteiger partial charge in [-0.05, 0) is 59.1 Å². The van der Waals surface area contributed by atoms with E-state index in [0.717, 1.165) is 42.4 Å². The maximum absolute atomic E-state index is 13.9. The molecule has 1 N–H and O–H groups in total. The Labute approximate surface area is 238 Å². The molecule has 5 heteroatoms. The van der Waals surface area contributed by atoms with Gasteiger partial charge in [0.05, 0.1) is 0 Å². The molecular weight excluding hydrogens is 504 g/mol. The van der Waals surface area contributed by atoms with E-state index >= 15 is 0 Å². The summed E-state index contributed by atoms with van der Waals surface area (Å²) in [7, 11) is 0. The molecule has 2 amide bonds. The molecule has 0 heterocycles. The van der Waals surface area contributed by atoms with E-state index in [0.29, 0.717) is 30.8 Å². The monoisotopic (exact) mass is 544 g/mol. The average molecular weight is 545 g/mol. The number of amides is 2. The van der Waals surface area contributed by atoms with Gasteiger partial charge < -0.3 is 10.2 Å². The Morgan fingerprint density at radius 1 is 0.872 bits per heavy atom. The fourth-order valence-corrected chi connectivity index (χ4v) is 5.40. The third kappa shape index (κ3) is 8.44. The summed E-state index contributed by atoms with van der Waals surface area (Å²) in [4.78, 5) is 29.5. The van der Waals surface area contributed by atoms with Gasteiger partial charge in [-0.15, -0.1) is 0 Å². The summed E-state index contributed by atoms with van der Waals surface area (Å²) >= 11 is 6.14. The van der Waals surface area contributed by atoms with Gasteiger partial charge in [0.1, 0.15) is 6.04 Å². The highest BCUT2D eigenvalue weighted by atomic mass is 35.5.